The Kier molecular flexibility index (Phi) is 8.19. The van der Waals surface area contributed by atoms with Crippen LogP contribution in [0.25, 0.3) is 11.1 Å². The Labute approximate surface area is 211 Å². The number of benzene rings is 3. The summed E-state index contributed by atoms with van der Waals surface area (Å²) in [5.74, 6) is 0.718. The Bertz CT molecular complexity index is 1360. The molecule has 4 aromatic rings. The smallest absolute Gasteiger partial charge is 0.261 e. The summed E-state index contributed by atoms with van der Waals surface area (Å²) in [6.45, 7) is 1.53. The summed E-state index contributed by atoms with van der Waals surface area (Å²) in [6.07, 6.45) is 3.68. The van der Waals surface area contributed by atoms with Crippen LogP contribution in [0.15, 0.2) is 89.7 Å². The number of hydrogen-bond acceptors (Lipinski definition) is 5. The van der Waals surface area contributed by atoms with Gasteiger partial charge >= 0.3 is 0 Å². The van der Waals surface area contributed by atoms with E-state index in [1.807, 2.05) is 60.7 Å². The Hall–Kier alpha value is -4.32. The molecule has 0 saturated carbocycles. The van der Waals surface area contributed by atoms with Crippen LogP contribution in [0.1, 0.15) is 42.3 Å². The number of nitrogens with zero attached hydrogens (tertiary/aromatic N) is 1. The molecule has 0 aliphatic heterocycles. The molecule has 0 aliphatic carbocycles. The van der Waals surface area contributed by atoms with Crippen LogP contribution in [0.2, 0.25) is 0 Å². The fourth-order valence-corrected chi connectivity index (χ4v) is 4.19. The van der Waals surface area contributed by atoms with E-state index in [1.54, 1.807) is 0 Å². The van der Waals surface area contributed by atoms with Gasteiger partial charge in [-0.2, -0.15) is 0 Å². The molecule has 6 heteroatoms. The minimum atomic E-state index is -0.486. The first kappa shape index (κ1) is 24.8. The minimum Gasteiger partial charge on any atom is -0.360 e. The zero-order valence-corrected chi connectivity index (χ0v) is 20.3. The number of Topliss-reactive ketones (excluding diaryl/α,β-unsaturated/α-hetero) is 1. The first-order valence-corrected chi connectivity index (χ1v) is 12.1. The molecule has 1 unspecified atom stereocenters. The second-order valence-electron chi connectivity index (χ2n) is 8.84. The van der Waals surface area contributed by atoms with Crippen molar-refractivity contribution in [1.82, 2.24) is 9.97 Å². The summed E-state index contributed by atoms with van der Waals surface area (Å²) in [5, 5.41) is 10.9. The SMILES string of the molecule is CC(=O)C(CCCc1ccccc1)Nc1nc(Cc2ccc(-c3ccccc3)cc2)[nH]c(=O)c1C=N. The maximum Gasteiger partial charge on any atom is 0.261 e. The lowest BCUT2D eigenvalue weighted by Gasteiger charge is -2.18. The van der Waals surface area contributed by atoms with Gasteiger partial charge in [0.25, 0.3) is 5.56 Å². The average molecular weight is 479 g/mol. The molecule has 0 radical (unpaired) electrons. The van der Waals surface area contributed by atoms with Crippen LogP contribution >= 0.6 is 0 Å². The molecule has 0 bridgehead atoms. The predicted octanol–water partition coefficient (Wildman–Crippen LogP) is 5.42. The summed E-state index contributed by atoms with van der Waals surface area (Å²) in [7, 11) is 0. The molecule has 1 atom stereocenters. The van der Waals surface area contributed by atoms with E-state index in [-0.39, 0.29) is 17.2 Å². The van der Waals surface area contributed by atoms with Gasteiger partial charge in [0.05, 0.1) is 11.6 Å². The monoisotopic (exact) mass is 478 g/mol. The fraction of sp³-hybridized carbons (Fsp3) is 0.200. The number of aromatic nitrogens is 2. The van der Waals surface area contributed by atoms with Gasteiger partial charge in [-0.25, -0.2) is 4.98 Å². The molecule has 6 nitrogen and oxygen atoms in total. The topological polar surface area (TPSA) is 98.7 Å². The molecule has 1 heterocycles. The van der Waals surface area contributed by atoms with Crippen molar-refractivity contribution in [2.45, 2.75) is 38.6 Å². The van der Waals surface area contributed by atoms with E-state index in [1.165, 1.54) is 12.5 Å². The molecule has 3 aromatic carbocycles. The van der Waals surface area contributed by atoms with Crippen molar-refractivity contribution in [2.24, 2.45) is 0 Å². The first-order chi connectivity index (χ1) is 17.5. The second-order valence-corrected chi connectivity index (χ2v) is 8.84. The molecule has 182 valence electrons. The van der Waals surface area contributed by atoms with E-state index in [2.05, 4.69) is 39.6 Å². The van der Waals surface area contributed by atoms with Gasteiger partial charge in [0.15, 0.2) is 5.78 Å². The second kappa shape index (κ2) is 11.9. The zero-order valence-electron chi connectivity index (χ0n) is 20.3. The minimum absolute atomic E-state index is 0.0286. The molecule has 0 spiro atoms. The summed E-state index contributed by atoms with van der Waals surface area (Å²) in [4.78, 5) is 32.5. The van der Waals surface area contributed by atoms with E-state index < -0.39 is 11.6 Å². The average Bonchev–Trinajstić information content (AvgIpc) is 2.89. The largest absolute Gasteiger partial charge is 0.360 e. The molecule has 4 rings (SSSR count). The third-order valence-electron chi connectivity index (χ3n) is 6.18. The van der Waals surface area contributed by atoms with Crippen molar-refractivity contribution in [3.63, 3.8) is 0 Å². The number of nitrogens with one attached hydrogen (secondary N) is 3. The highest BCUT2D eigenvalue weighted by molar-refractivity contribution is 5.88. The normalized spacial score (nSPS) is 11.6. The highest BCUT2D eigenvalue weighted by Gasteiger charge is 2.18. The van der Waals surface area contributed by atoms with Crippen LogP contribution in [0.3, 0.4) is 0 Å². The number of anilines is 1. The summed E-state index contributed by atoms with van der Waals surface area (Å²) in [6, 6.07) is 27.9. The van der Waals surface area contributed by atoms with Gasteiger partial charge in [-0.15, -0.1) is 0 Å². The Morgan fingerprint density at radius 1 is 0.944 bits per heavy atom. The van der Waals surface area contributed by atoms with Crippen LogP contribution < -0.4 is 10.9 Å². The number of rotatable bonds is 11. The van der Waals surface area contributed by atoms with E-state index in [9.17, 15) is 9.59 Å². The molecular formula is C30H30N4O2. The number of aryl methyl sites for hydroxylation is 1. The summed E-state index contributed by atoms with van der Waals surface area (Å²) >= 11 is 0. The number of ketones is 1. The van der Waals surface area contributed by atoms with Crippen LogP contribution in [-0.4, -0.2) is 28.0 Å². The van der Waals surface area contributed by atoms with Crippen molar-refractivity contribution >= 4 is 17.8 Å². The first-order valence-electron chi connectivity index (χ1n) is 12.1. The Morgan fingerprint density at radius 2 is 1.58 bits per heavy atom. The van der Waals surface area contributed by atoms with Gasteiger partial charge in [-0.05, 0) is 48.4 Å². The van der Waals surface area contributed by atoms with E-state index in [0.717, 1.165) is 35.7 Å². The third kappa shape index (κ3) is 6.42. The molecule has 0 fully saturated rings. The van der Waals surface area contributed by atoms with Crippen molar-refractivity contribution < 1.29 is 4.79 Å². The van der Waals surface area contributed by atoms with Gasteiger partial charge in [-0.1, -0.05) is 84.9 Å². The number of aromatic amines is 1. The Balaban J connectivity index is 1.49. The fourth-order valence-electron chi connectivity index (χ4n) is 4.19. The number of carbonyl (C=O) groups is 1. The van der Waals surface area contributed by atoms with Crippen molar-refractivity contribution in [3.8, 4) is 11.1 Å². The summed E-state index contributed by atoms with van der Waals surface area (Å²) < 4.78 is 0. The molecule has 0 amide bonds. The highest BCUT2D eigenvalue weighted by atomic mass is 16.1. The molecule has 36 heavy (non-hydrogen) atoms. The van der Waals surface area contributed by atoms with Gasteiger partial charge in [0.1, 0.15) is 11.6 Å². The summed E-state index contributed by atoms with van der Waals surface area (Å²) in [5.41, 5.74) is 4.19. The van der Waals surface area contributed by atoms with Crippen LogP contribution in [0.4, 0.5) is 5.82 Å². The lowest BCUT2D eigenvalue weighted by atomic mass is 10.0. The number of carbonyl (C=O) groups excluding carboxylic acids is 1. The number of hydrogen-bond donors (Lipinski definition) is 3. The lowest BCUT2D eigenvalue weighted by molar-refractivity contribution is -0.117. The van der Waals surface area contributed by atoms with Crippen LogP contribution in [0, 0.1) is 5.41 Å². The maximum atomic E-state index is 12.7. The van der Waals surface area contributed by atoms with Gasteiger partial charge in [-0.3, -0.25) is 9.59 Å². The molecule has 0 saturated heterocycles. The van der Waals surface area contributed by atoms with Crippen LogP contribution in [-0.2, 0) is 17.6 Å². The van der Waals surface area contributed by atoms with Crippen molar-refractivity contribution in [2.75, 3.05) is 5.32 Å². The van der Waals surface area contributed by atoms with Crippen LogP contribution in [0.5, 0.6) is 0 Å². The third-order valence-corrected chi connectivity index (χ3v) is 6.18. The maximum absolute atomic E-state index is 12.7. The Morgan fingerprint density at radius 3 is 2.22 bits per heavy atom. The molecule has 3 N–H and O–H groups in total. The quantitative estimate of drug-likeness (QED) is 0.251. The van der Waals surface area contributed by atoms with Gasteiger partial charge in [0.2, 0.25) is 0 Å². The highest BCUT2D eigenvalue weighted by Crippen LogP contribution is 2.20. The van der Waals surface area contributed by atoms with E-state index in [0.29, 0.717) is 18.7 Å². The van der Waals surface area contributed by atoms with Gasteiger partial charge < -0.3 is 15.7 Å². The molecule has 1 aromatic heterocycles. The standard InChI is InChI=1S/C30H30N4O2/c1-21(35)27(14-8-11-22-9-4-2-5-10-22)32-29-26(20-31)30(36)34-28(33-29)19-23-15-17-25(18-16-23)24-12-6-3-7-13-24/h2-7,9-10,12-13,15-18,20,27,31H,8,11,14,19H2,1H3,(H2,32,33,34,36). The zero-order chi connectivity index (χ0) is 25.3. The lowest BCUT2D eigenvalue weighted by Crippen LogP contribution is -2.31. The van der Waals surface area contributed by atoms with Crippen molar-refractivity contribution in [3.05, 3.63) is 118 Å². The van der Waals surface area contributed by atoms with Crippen molar-refractivity contribution in [1.29, 1.82) is 5.41 Å². The van der Waals surface area contributed by atoms with E-state index >= 15 is 0 Å². The molecular weight excluding hydrogens is 448 g/mol. The number of H-pyrrole nitrogens is 1. The predicted molar refractivity (Wildman–Crippen MR) is 145 cm³/mol. The van der Waals surface area contributed by atoms with Gasteiger partial charge in [0, 0.05) is 12.6 Å². The van der Waals surface area contributed by atoms with E-state index in [4.69, 9.17) is 5.41 Å². The molecule has 0 aliphatic rings.